The molecule has 0 amide bonds. The lowest BCUT2D eigenvalue weighted by Gasteiger charge is -2.34. The molecule has 2 fully saturated rings. The Morgan fingerprint density at radius 1 is 1.32 bits per heavy atom. The molecule has 1 aromatic carbocycles. The Labute approximate surface area is 129 Å². The number of hydrogen-bond donors (Lipinski definition) is 0. The van der Waals surface area contributed by atoms with E-state index in [9.17, 15) is 8.78 Å². The van der Waals surface area contributed by atoms with Crippen LogP contribution in [0.2, 0.25) is 0 Å². The van der Waals surface area contributed by atoms with E-state index in [-0.39, 0.29) is 11.9 Å². The molecule has 4 nitrogen and oxygen atoms in total. The van der Waals surface area contributed by atoms with E-state index in [1.807, 2.05) is 6.07 Å². The van der Waals surface area contributed by atoms with Crippen LogP contribution < -0.4 is 4.74 Å². The third-order valence-electron chi connectivity index (χ3n) is 4.15. The Morgan fingerprint density at radius 3 is 3.00 bits per heavy atom. The van der Waals surface area contributed by atoms with Crippen molar-refractivity contribution in [3.05, 3.63) is 29.8 Å². The number of alkyl halides is 2. The number of morpholine rings is 1. The lowest BCUT2D eigenvalue weighted by atomic mass is 10.0. The van der Waals surface area contributed by atoms with Gasteiger partial charge in [0, 0.05) is 26.2 Å². The van der Waals surface area contributed by atoms with Crippen LogP contribution in [0.3, 0.4) is 0 Å². The first-order valence-corrected chi connectivity index (χ1v) is 7.67. The van der Waals surface area contributed by atoms with Gasteiger partial charge < -0.3 is 14.2 Å². The fraction of sp³-hybridized carbons (Fsp3) is 0.625. The number of halogens is 2. The number of benzene rings is 1. The summed E-state index contributed by atoms with van der Waals surface area (Å²) in [5.41, 5.74) is 0.880. The molecule has 0 bridgehead atoms. The van der Waals surface area contributed by atoms with Gasteiger partial charge in [-0.2, -0.15) is 8.78 Å². The van der Waals surface area contributed by atoms with Gasteiger partial charge in [-0.05, 0) is 30.0 Å². The molecule has 2 saturated heterocycles. The van der Waals surface area contributed by atoms with E-state index in [1.165, 1.54) is 6.07 Å². The zero-order valence-electron chi connectivity index (χ0n) is 12.4. The maximum absolute atomic E-state index is 12.3. The zero-order valence-corrected chi connectivity index (χ0v) is 12.4. The molecule has 0 spiro atoms. The predicted octanol–water partition coefficient (Wildman–Crippen LogP) is 2.70. The normalized spacial score (nSPS) is 26.5. The second-order valence-electron chi connectivity index (χ2n) is 5.80. The first kappa shape index (κ1) is 15.6. The van der Waals surface area contributed by atoms with E-state index in [2.05, 4.69) is 9.64 Å². The predicted molar refractivity (Wildman–Crippen MR) is 77.1 cm³/mol. The highest BCUT2D eigenvalue weighted by atomic mass is 19.3. The Morgan fingerprint density at radius 2 is 2.23 bits per heavy atom. The molecule has 0 aromatic heterocycles. The lowest BCUT2D eigenvalue weighted by molar-refractivity contribution is -0.0510. The number of nitrogens with zero attached hydrogens (tertiary/aromatic N) is 1. The number of rotatable bonds is 5. The van der Waals surface area contributed by atoms with Crippen molar-refractivity contribution in [2.24, 2.45) is 5.92 Å². The summed E-state index contributed by atoms with van der Waals surface area (Å²) >= 11 is 0. The van der Waals surface area contributed by atoms with Crippen LogP contribution in [-0.2, 0) is 9.47 Å². The van der Waals surface area contributed by atoms with Crippen LogP contribution in [0.15, 0.2) is 24.3 Å². The molecule has 3 rings (SSSR count). The summed E-state index contributed by atoms with van der Waals surface area (Å²) in [6, 6.07) is 6.79. The number of hydrogen-bond acceptors (Lipinski definition) is 4. The van der Waals surface area contributed by atoms with Crippen molar-refractivity contribution in [3.8, 4) is 5.75 Å². The lowest BCUT2D eigenvalue weighted by Crippen LogP contribution is -2.41. The summed E-state index contributed by atoms with van der Waals surface area (Å²) in [5, 5.41) is 0. The Bertz CT molecular complexity index is 480. The summed E-state index contributed by atoms with van der Waals surface area (Å²) < 4.78 is 40.3. The fourth-order valence-corrected chi connectivity index (χ4v) is 3.05. The summed E-state index contributed by atoms with van der Waals surface area (Å²) in [4.78, 5) is 2.37. The average molecular weight is 313 g/mol. The fourth-order valence-electron chi connectivity index (χ4n) is 3.05. The maximum Gasteiger partial charge on any atom is 0.387 e. The minimum atomic E-state index is -2.80. The Kier molecular flexibility index (Phi) is 5.23. The maximum atomic E-state index is 12.3. The van der Waals surface area contributed by atoms with Crippen molar-refractivity contribution in [2.45, 2.75) is 19.1 Å². The molecule has 1 aromatic rings. The molecule has 0 N–H and O–H groups in total. The molecule has 6 heteroatoms. The molecule has 0 saturated carbocycles. The van der Waals surface area contributed by atoms with Gasteiger partial charge >= 0.3 is 6.61 Å². The van der Waals surface area contributed by atoms with Crippen molar-refractivity contribution >= 4 is 0 Å². The molecule has 2 atom stereocenters. The van der Waals surface area contributed by atoms with Gasteiger partial charge in [0.1, 0.15) is 5.75 Å². The highest BCUT2D eigenvalue weighted by molar-refractivity contribution is 5.30. The van der Waals surface area contributed by atoms with Crippen molar-refractivity contribution in [1.29, 1.82) is 0 Å². The molecule has 2 aliphatic heterocycles. The standard InChI is InChI=1S/C16H21F2NO3/c17-16(18)22-14-3-1-2-13(8-14)15-10-19(5-7-21-15)9-12-4-6-20-11-12/h1-3,8,12,15-16H,4-7,9-11H2/t12-,15+/m1/s1. The quantitative estimate of drug-likeness (QED) is 0.836. The van der Waals surface area contributed by atoms with E-state index in [1.54, 1.807) is 12.1 Å². The van der Waals surface area contributed by atoms with E-state index in [4.69, 9.17) is 9.47 Å². The summed E-state index contributed by atoms with van der Waals surface area (Å²) in [6.07, 6.45) is 1.01. The van der Waals surface area contributed by atoms with Crippen molar-refractivity contribution in [1.82, 2.24) is 4.90 Å². The third kappa shape index (κ3) is 4.15. The van der Waals surface area contributed by atoms with Crippen LogP contribution in [0.5, 0.6) is 5.75 Å². The average Bonchev–Trinajstić information content (AvgIpc) is 3.00. The van der Waals surface area contributed by atoms with Gasteiger partial charge in [0.25, 0.3) is 0 Å². The first-order valence-electron chi connectivity index (χ1n) is 7.67. The monoisotopic (exact) mass is 313 g/mol. The second-order valence-corrected chi connectivity index (χ2v) is 5.80. The molecule has 0 unspecified atom stereocenters. The highest BCUT2D eigenvalue weighted by Gasteiger charge is 2.26. The molecular formula is C16H21F2NO3. The molecule has 0 aliphatic carbocycles. The van der Waals surface area contributed by atoms with Crippen molar-refractivity contribution < 1.29 is 23.0 Å². The summed E-state index contributed by atoms with van der Waals surface area (Å²) in [7, 11) is 0. The van der Waals surface area contributed by atoms with Gasteiger partial charge in [-0.15, -0.1) is 0 Å². The van der Waals surface area contributed by atoms with Gasteiger partial charge in [0.2, 0.25) is 0 Å². The summed E-state index contributed by atoms with van der Waals surface area (Å²) in [6.45, 7) is 2.21. The zero-order chi connectivity index (χ0) is 15.4. The molecule has 2 aliphatic rings. The molecule has 0 radical (unpaired) electrons. The topological polar surface area (TPSA) is 30.9 Å². The second kappa shape index (κ2) is 7.35. The molecule has 2 heterocycles. The van der Waals surface area contributed by atoms with Crippen molar-refractivity contribution in [3.63, 3.8) is 0 Å². The van der Waals surface area contributed by atoms with Gasteiger partial charge in [-0.25, -0.2) is 0 Å². The molecule has 122 valence electrons. The van der Waals surface area contributed by atoms with Gasteiger partial charge in [-0.1, -0.05) is 12.1 Å². The van der Waals surface area contributed by atoms with E-state index >= 15 is 0 Å². The Balaban J connectivity index is 1.61. The minimum Gasteiger partial charge on any atom is -0.435 e. The van der Waals surface area contributed by atoms with Crippen LogP contribution in [-0.4, -0.2) is 51.0 Å². The molecular weight excluding hydrogens is 292 g/mol. The first-order chi connectivity index (χ1) is 10.7. The van der Waals surface area contributed by atoms with Gasteiger partial charge in [0.05, 0.1) is 19.3 Å². The smallest absolute Gasteiger partial charge is 0.387 e. The van der Waals surface area contributed by atoms with Crippen LogP contribution >= 0.6 is 0 Å². The van der Waals surface area contributed by atoms with Crippen LogP contribution in [0.25, 0.3) is 0 Å². The Hall–Kier alpha value is -1.24. The highest BCUT2D eigenvalue weighted by Crippen LogP contribution is 2.27. The van der Waals surface area contributed by atoms with E-state index in [0.29, 0.717) is 12.5 Å². The third-order valence-corrected chi connectivity index (χ3v) is 4.15. The minimum absolute atomic E-state index is 0.0997. The van der Waals surface area contributed by atoms with Gasteiger partial charge in [0.15, 0.2) is 0 Å². The number of ether oxygens (including phenoxy) is 3. The summed E-state index contributed by atoms with van der Waals surface area (Å²) in [5.74, 6) is 0.768. The van der Waals surface area contributed by atoms with Crippen LogP contribution in [0.1, 0.15) is 18.1 Å². The van der Waals surface area contributed by atoms with Crippen LogP contribution in [0, 0.1) is 5.92 Å². The van der Waals surface area contributed by atoms with Crippen molar-refractivity contribution in [2.75, 3.05) is 39.5 Å². The van der Waals surface area contributed by atoms with E-state index < -0.39 is 6.61 Å². The largest absolute Gasteiger partial charge is 0.435 e. The molecule has 22 heavy (non-hydrogen) atoms. The van der Waals surface area contributed by atoms with Gasteiger partial charge in [-0.3, -0.25) is 4.90 Å². The SMILES string of the molecule is FC(F)Oc1cccc([C@@H]2CN(C[C@H]3CCOC3)CCO2)c1. The van der Waals surface area contributed by atoms with Crippen LogP contribution in [0.4, 0.5) is 8.78 Å². The van der Waals surface area contributed by atoms with E-state index in [0.717, 1.165) is 44.8 Å².